The lowest BCUT2D eigenvalue weighted by Crippen LogP contribution is -2.36. The summed E-state index contributed by atoms with van der Waals surface area (Å²) < 4.78 is 24.8. The van der Waals surface area contributed by atoms with Crippen molar-refractivity contribution in [3.63, 3.8) is 0 Å². The fourth-order valence-electron chi connectivity index (χ4n) is 2.65. The molecule has 100 valence electrons. The standard InChI is InChI=1S/C15H21F2N/c1-11-4-2-3-5-14(11)18-10-12-6-8-13(9-7-12)15(16)17/h6-9,11,14-15,18H,2-5,10H2,1H3. The Bertz CT molecular complexity index is 361. The number of alkyl halides is 2. The molecule has 0 aliphatic heterocycles. The molecule has 1 aromatic carbocycles. The van der Waals surface area contributed by atoms with Crippen LogP contribution in [0.2, 0.25) is 0 Å². The number of halogens is 2. The van der Waals surface area contributed by atoms with E-state index < -0.39 is 6.43 Å². The summed E-state index contributed by atoms with van der Waals surface area (Å²) in [6.07, 6.45) is 2.79. The van der Waals surface area contributed by atoms with E-state index in [2.05, 4.69) is 12.2 Å². The van der Waals surface area contributed by atoms with Crippen molar-refractivity contribution in [1.29, 1.82) is 0 Å². The highest BCUT2D eigenvalue weighted by atomic mass is 19.3. The largest absolute Gasteiger partial charge is 0.310 e. The molecule has 0 radical (unpaired) electrons. The lowest BCUT2D eigenvalue weighted by atomic mass is 9.86. The van der Waals surface area contributed by atoms with Gasteiger partial charge < -0.3 is 5.32 Å². The number of hydrogen-bond donors (Lipinski definition) is 1. The first kappa shape index (κ1) is 13.5. The average Bonchev–Trinajstić information content (AvgIpc) is 2.38. The molecule has 0 aromatic heterocycles. The Balaban J connectivity index is 1.85. The van der Waals surface area contributed by atoms with E-state index in [-0.39, 0.29) is 5.56 Å². The number of benzene rings is 1. The van der Waals surface area contributed by atoms with Gasteiger partial charge in [0.25, 0.3) is 6.43 Å². The van der Waals surface area contributed by atoms with Gasteiger partial charge in [-0.1, -0.05) is 44.0 Å². The van der Waals surface area contributed by atoms with Crippen LogP contribution in [-0.4, -0.2) is 6.04 Å². The van der Waals surface area contributed by atoms with Gasteiger partial charge in [-0.15, -0.1) is 0 Å². The zero-order valence-electron chi connectivity index (χ0n) is 10.8. The van der Waals surface area contributed by atoms with Crippen LogP contribution < -0.4 is 5.32 Å². The zero-order chi connectivity index (χ0) is 13.0. The van der Waals surface area contributed by atoms with Crippen molar-refractivity contribution in [2.24, 2.45) is 5.92 Å². The van der Waals surface area contributed by atoms with Crippen LogP contribution in [0.3, 0.4) is 0 Å². The summed E-state index contributed by atoms with van der Waals surface area (Å²) in [6, 6.07) is 7.20. The zero-order valence-corrected chi connectivity index (χ0v) is 10.8. The van der Waals surface area contributed by atoms with E-state index in [1.165, 1.54) is 37.8 Å². The molecule has 1 aliphatic rings. The lowest BCUT2D eigenvalue weighted by Gasteiger charge is -2.29. The highest BCUT2D eigenvalue weighted by molar-refractivity contribution is 5.23. The topological polar surface area (TPSA) is 12.0 Å². The van der Waals surface area contributed by atoms with Crippen LogP contribution in [0.5, 0.6) is 0 Å². The van der Waals surface area contributed by atoms with Gasteiger partial charge in [0, 0.05) is 18.2 Å². The minimum absolute atomic E-state index is 0.102. The summed E-state index contributed by atoms with van der Waals surface area (Å²) in [4.78, 5) is 0. The van der Waals surface area contributed by atoms with Gasteiger partial charge >= 0.3 is 0 Å². The van der Waals surface area contributed by atoms with Crippen LogP contribution in [0.4, 0.5) is 8.78 Å². The molecule has 1 saturated carbocycles. The Morgan fingerprint density at radius 2 is 1.83 bits per heavy atom. The van der Waals surface area contributed by atoms with E-state index in [9.17, 15) is 8.78 Å². The first-order chi connectivity index (χ1) is 8.66. The van der Waals surface area contributed by atoms with Crippen LogP contribution in [0.1, 0.15) is 50.2 Å². The first-order valence-corrected chi connectivity index (χ1v) is 6.77. The molecule has 0 bridgehead atoms. The fraction of sp³-hybridized carbons (Fsp3) is 0.600. The third kappa shape index (κ3) is 3.52. The molecule has 1 nitrogen and oxygen atoms in total. The SMILES string of the molecule is CC1CCCCC1NCc1ccc(C(F)F)cc1. The Kier molecular flexibility index (Phi) is 4.70. The van der Waals surface area contributed by atoms with Gasteiger partial charge in [0.1, 0.15) is 0 Å². The van der Waals surface area contributed by atoms with E-state index in [0.29, 0.717) is 6.04 Å². The van der Waals surface area contributed by atoms with Gasteiger partial charge in [-0.2, -0.15) is 0 Å². The molecular weight excluding hydrogens is 232 g/mol. The highest BCUT2D eigenvalue weighted by Gasteiger charge is 2.20. The Morgan fingerprint density at radius 3 is 2.44 bits per heavy atom. The van der Waals surface area contributed by atoms with Crippen molar-refractivity contribution in [1.82, 2.24) is 5.32 Å². The van der Waals surface area contributed by atoms with Gasteiger partial charge in [-0.3, -0.25) is 0 Å². The number of hydrogen-bond acceptors (Lipinski definition) is 1. The molecule has 18 heavy (non-hydrogen) atoms. The van der Waals surface area contributed by atoms with Crippen LogP contribution in [0.15, 0.2) is 24.3 Å². The Morgan fingerprint density at radius 1 is 1.17 bits per heavy atom. The number of rotatable bonds is 4. The van der Waals surface area contributed by atoms with Gasteiger partial charge in [0.05, 0.1) is 0 Å². The predicted molar refractivity (Wildman–Crippen MR) is 69.7 cm³/mol. The molecule has 1 aliphatic carbocycles. The molecule has 0 heterocycles. The smallest absolute Gasteiger partial charge is 0.263 e. The van der Waals surface area contributed by atoms with E-state index in [4.69, 9.17) is 0 Å². The molecule has 0 spiro atoms. The lowest BCUT2D eigenvalue weighted by molar-refractivity contribution is 0.151. The van der Waals surface area contributed by atoms with E-state index in [1.54, 1.807) is 12.1 Å². The average molecular weight is 253 g/mol. The summed E-state index contributed by atoms with van der Waals surface area (Å²) in [5.41, 5.74) is 1.18. The van der Waals surface area contributed by atoms with Crippen LogP contribution in [-0.2, 0) is 6.54 Å². The summed E-state index contributed by atoms with van der Waals surface area (Å²) in [7, 11) is 0. The van der Waals surface area contributed by atoms with Gasteiger partial charge in [0.15, 0.2) is 0 Å². The quantitative estimate of drug-likeness (QED) is 0.844. The third-order valence-electron chi connectivity index (χ3n) is 3.91. The molecule has 0 saturated heterocycles. The second-order valence-corrected chi connectivity index (χ2v) is 5.29. The minimum Gasteiger partial charge on any atom is -0.310 e. The van der Waals surface area contributed by atoms with Crippen molar-refractivity contribution in [2.75, 3.05) is 0 Å². The van der Waals surface area contributed by atoms with E-state index >= 15 is 0 Å². The molecule has 2 atom stereocenters. The van der Waals surface area contributed by atoms with Crippen LogP contribution >= 0.6 is 0 Å². The molecule has 1 fully saturated rings. The van der Waals surface area contributed by atoms with Crippen molar-refractivity contribution in [2.45, 2.75) is 51.6 Å². The van der Waals surface area contributed by atoms with Gasteiger partial charge in [-0.25, -0.2) is 8.78 Å². The van der Waals surface area contributed by atoms with Crippen LogP contribution in [0.25, 0.3) is 0 Å². The molecule has 1 N–H and O–H groups in total. The third-order valence-corrected chi connectivity index (χ3v) is 3.91. The molecular formula is C15H21F2N. The van der Waals surface area contributed by atoms with Crippen molar-refractivity contribution >= 4 is 0 Å². The maximum absolute atomic E-state index is 12.4. The maximum Gasteiger partial charge on any atom is 0.263 e. The monoisotopic (exact) mass is 253 g/mol. The molecule has 2 unspecified atom stereocenters. The first-order valence-electron chi connectivity index (χ1n) is 6.77. The summed E-state index contributed by atoms with van der Waals surface area (Å²) >= 11 is 0. The Labute approximate surface area is 108 Å². The normalized spacial score (nSPS) is 24.4. The van der Waals surface area contributed by atoms with Gasteiger partial charge in [-0.05, 0) is 24.3 Å². The second-order valence-electron chi connectivity index (χ2n) is 5.29. The van der Waals surface area contributed by atoms with Crippen molar-refractivity contribution < 1.29 is 8.78 Å². The van der Waals surface area contributed by atoms with Crippen molar-refractivity contribution in [3.8, 4) is 0 Å². The van der Waals surface area contributed by atoms with Crippen molar-refractivity contribution in [3.05, 3.63) is 35.4 Å². The van der Waals surface area contributed by atoms with E-state index in [0.717, 1.165) is 18.0 Å². The highest BCUT2D eigenvalue weighted by Crippen LogP contribution is 2.24. The predicted octanol–water partition coefficient (Wildman–Crippen LogP) is 4.29. The Hall–Kier alpha value is -0.960. The van der Waals surface area contributed by atoms with Gasteiger partial charge in [0.2, 0.25) is 0 Å². The fourth-order valence-corrected chi connectivity index (χ4v) is 2.65. The van der Waals surface area contributed by atoms with Crippen LogP contribution in [0, 0.1) is 5.92 Å². The minimum atomic E-state index is -2.37. The summed E-state index contributed by atoms with van der Waals surface area (Å²) in [5.74, 6) is 0.721. The molecule has 0 amide bonds. The molecule has 3 heteroatoms. The maximum atomic E-state index is 12.4. The summed E-state index contributed by atoms with van der Waals surface area (Å²) in [5, 5.41) is 3.55. The molecule has 2 rings (SSSR count). The van der Waals surface area contributed by atoms with E-state index in [1.807, 2.05) is 0 Å². The number of nitrogens with one attached hydrogen (secondary N) is 1. The molecule has 1 aromatic rings. The summed E-state index contributed by atoms with van der Waals surface area (Å²) in [6.45, 7) is 3.06. The second kappa shape index (κ2) is 6.28.